The third-order valence-corrected chi connectivity index (χ3v) is 5.33. The van der Waals surface area contributed by atoms with Crippen molar-refractivity contribution in [3.63, 3.8) is 0 Å². The fourth-order valence-electron chi connectivity index (χ4n) is 2.80. The van der Waals surface area contributed by atoms with E-state index in [1.807, 2.05) is 13.8 Å². The molecule has 1 aliphatic rings. The highest BCUT2D eigenvalue weighted by atomic mass is 32.1. The summed E-state index contributed by atoms with van der Waals surface area (Å²) in [5, 5.41) is 15.2. The molecular weight excluding hydrogens is 386 g/mol. The van der Waals surface area contributed by atoms with Gasteiger partial charge in [0.2, 0.25) is 11.6 Å². The van der Waals surface area contributed by atoms with Gasteiger partial charge < -0.3 is 19.9 Å². The molecule has 1 N–H and O–H groups in total. The second-order valence-electron chi connectivity index (χ2n) is 6.11. The maximum atomic E-state index is 11.8. The lowest BCUT2D eigenvalue weighted by atomic mass is 10.3. The van der Waals surface area contributed by atoms with Gasteiger partial charge in [0.05, 0.1) is 17.2 Å². The van der Waals surface area contributed by atoms with E-state index < -0.39 is 4.92 Å². The van der Waals surface area contributed by atoms with Crippen LogP contribution in [0, 0.1) is 24.0 Å². The van der Waals surface area contributed by atoms with Crippen molar-refractivity contribution in [2.75, 3.05) is 43.0 Å². The Hall–Kier alpha value is -3.02. The van der Waals surface area contributed by atoms with Crippen LogP contribution >= 0.6 is 11.3 Å². The summed E-state index contributed by atoms with van der Waals surface area (Å²) in [5.74, 6) is 0.313. The van der Waals surface area contributed by atoms with Gasteiger partial charge in [0, 0.05) is 31.1 Å². The van der Waals surface area contributed by atoms with Gasteiger partial charge in [-0.1, -0.05) is 0 Å². The minimum absolute atomic E-state index is 0.0940. The lowest BCUT2D eigenvalue weighted by molar-refractivity contribution is -0.383. The quantitative estimate of drug-likeness (QED) is 0.587. The molecule has 0 bridgehead atoms. The number of piperazine rings is 1. The lowest BCUT2D eigenvalue weighted by Gasteiger charge is -2.34. The molecular formula is C16H21N7O4S. The van der Waals surface area contributed by atoms with Crippen LogP contribution in [-0.2, 0) is 4.74 Å². The molecule has 0 aliphatic carbocycles. The van der Waals surface area contributed by atoms with Crippen LogP contribution in [0.15, 0.2) is 6.33 Å². The largest absolute Gasteiger partial charge is 0.450 e. The Bertz CT molecular complexity index is 860. The van der Waals surface area contributed by atoms with Crippen molar-refractivity contribution < 1.29 is 14.5 Å². The number of aromatic nitrogens is 3. The summed E-state index contributed by atoms with van der Waals surface area (Å²) in [7, 11) is 0. The lowest BCUT2D eigenvalue weighted by Crippen LogP contribution is -2.49. The zero-order valence-corrected chi connectivity index (χ0v) is 16.7. The van der Waals surface area contributed by atoms with Gasteiger partial charge in [-0.2, -0.15) is 0 Å². The van der Waals surface area contributed by atoms with Crippen molar-refractivity contribution in [2.24, 2.45) is 0 Å². The van der Waals surface area contributed by atoms with Crippen LogP contribution in [-0.4, -0.2) is 63.7 Å². The number of thiazole rings is 1. The number of aryl methyl sites for hydroxylation is 2. The molecule has 2 aromatic heterocycles. The number of rotatable bonds is 5. The van der Waals surface area contributed by atoms with Crippen LogP contribution in [0.25, 0.3) is 0 Å². The van der Waals surface area contributed by atoms with Gasteiger partial charge in [-0.15, -0.1) is 11.3 Å². The third-order valence-electron chi connectivity index (χ3n) is 4.34. The number of ether oxygens (including phenoxy) is 1. The summed E-state index contributed by atoms with van der Waals surface area (Å²) in [6.45, 7) is 7.47. The van der Waals surface area contributed by atoms with E-state index in [0.29, 0.717) is 37.9 Å². The first-order valence-electron chi connectivity index (χ1n) is 8.77. The molecule has 0 radical (unpaired) electrons. The maximum absolute atomic E-state index is 11.8. The highest BCUT2D eigenvalue weighted by Gasteiger charge is 2.31. The van der Waals surface area contributed by atoms with E-state index in [4.69, 9.17) is 4.74 Å². The predicted octanol–water partition coefficient (Wildman–Crippen LogP) is 2.48. The van der Waals surface area contributed by atoms with E-state index >= 15 is 0 Å². The molecule has 150 valence electrons. The molecule has 0 saturated carbocycles. The Morgan fingerprint density at radius 3 is 2.61 bits per heavy atom. The summed E-state index contributed by atoms with van der Waals surface area (Å²) in [6.07, 6.45) is 0.909. The van der Waals surface area contributed by atoms with Gasteiger partial charge in [0.15, 0.2) is 5.13 Å². The zero-order chi connectivity index (χ0) is 20.3. The highest BCUT2D eigenvalue weighted by Crippen LogP contribution is 2.35. The number of carbonyl (C=O) groups is 1. The normalized spacial score (nSPS) is 14.1. The smallest absolute Gasteiger partial charge is 0.409 e. The number of carbonyl (C=O) groups excluding carboxylic acids is 1. The Balaban J connectivity index is 1.82. The van der Waals surface area contributed by atoms with Gasteiger partial charge in [-0.3, -0.25) is 10.1 Å². The second kappa shape index (κ2) is 8.33. The number of anilines is 3. The SMILES string of the molecule is CCOC(=O)N1CCN(c2ncnc(Nc3nc(C)c(C)s3)c2[N+](=O)[O-])CC1. The fraction of sp³-hybridized carbons (Fsp3) is 0.500. The number of nitrogens with zero attached hydrogens (tertiary/aromatic N) is 6. The van der Waals surface area contributed by atoms with Gasteiger partial charge in [-0.05, 0) is 20.8 Å². The third kappa shape index (κ3) is 4.11. The molecule has 0 atom stereocenters. The van der Waals surface area contributed by atoms with E-state index in [1.54, 1.807) is 16.7 Å². The molecule has 3 heterocycles. The van der Waals surface area contributed by atoms with Gasteiger partial charge in [0.1, 0.15) is 6.33 Å². The number of hydrogen-bond acceptors (Lipinski definition) is 10. The van der Waals surface area contributed by atoms with Crippen molar-refractivity contribution in [2.45, 2.75) is 20.8 Å². The zero-order valence-electron chi connectivity index (χ0n) is 15.8. The van der Waals surface area contributed by atoms with E-state index in [-0.39, 0.29) is 23.4 Å². The maximum Gasteiger partial charge on any atom is 0.409 e. The van der Waals surface area contributed by atoms with Crippen molar-refractivity contribution in [3.05, 3.63) is 27.0 Å². The summed E-state index contributed by atoms with van der Waals surface area (Å²) in [5.41, 5.74) is 0.650. The first-order chi connectivity index (χ1) is 13.4. The molecule has 1 amide bonds. The Morgan fingerprint density at radius 2 is 2.04 bits per heavy atom. The van der Waals surface area contributed by atoms with Crippen LogP contribution in [0.4, 0.5) is 27.2 Å². The number of nitrogens with one attached hydrogen (secondary N) is 1. The number of amides is 1. The molecule has 1 fully saturated rings. The molecule has 1 saturated heterocycles. The van der Waals surface area contributed by atoms with Gasteiger partial charge in [-0.25, -0.2) is 19.7 Å². The second-order valence-corrected chi connectivity index (χ2v) is 7.31. The molecule has 0 aromatic carbocycles. The Labute approximate surface area is 165 Å². The van der Waals surface area contributed by atoms with Crippen LogP contribution in [0.5, 0.6) is 0 Å². The highest BCUT2D eigenvalue weighted by molar-refractivity contribution is 7.15. The minimum atomic E-state index is -0.497. The number of nitro groups is 1. The molecule has 0 unspecified atom stereocenters. The molecule has 28 heavy (non-hydrogen) atoms. The van der Waals surface area contributed by atoms with Crippen LogP contribution in [0.3, 0.4) is 0 Å². The van der Waals surface area contributed by atoms with E-state index in [2.05, 4.69) is 20.3 Å². The van der Waals surface area contributed by atoms with Crippen molar-refractivity contribution in [1.82, 2.24) is 19.9 Å². The first kappa shape index (κ1) is 19.7. The average molecular weight is 407 g/mol. The fourth-order valence-corrected chi connectivity index (χ4v) is 3.62. The molecule has 0 spiro atoms. The van der Waals surface area contributed by atoms with Crippen LogP contribution in [0.1, 0.15) is 17.5 Å². The predicted molar refractivity (Wildman–Crippen MR) is 104 cm³/mol. The summed E-state index contributed by atoms with van der Waals surface area (Å²) >= 11 is 1.40. The molecule has 3 rings (SSSR count). The minimum Gasteiger partial charge on any atom is -0.450 e. The van der Waals surface area contributed by atoms with Crippen LogP contribution in [0.2, 0.25) is 0 Å². The van der Waals surface area contributed by atoms with Crippen LogP contribution < -0.4 is 10.2 Å². The summed E-state index contributed by atoms with van der Waals surface area (Å²) in [4.78, 5) is 40.0. The molecule has 12 heteroatoms. The molecule has 2 aromatic rings. The van der Waals surface area contributed by atoms with E-state index in [0.717, 1.165) is 10.6 Å². The topological polar surface area (TPSA) is 127 Å². The number of hydrogen-bond donors (Lipinski definition) is 1. The average Bonchev–Trinajstić information content (AvgIpc) is 2.98. The van der Waals surface area contributed by atoms with Crippen molar-refractivity contribution in [3.8, 4) is 0 Å². The van der Waals surface area contributed by atoms with E-state index in [9.17, 15) is 14.9 Å². The Morgan fingerprint density at radius 1 is 1.32 bits per heavy atom. The summed E-state index contributed by atoms with van der Waals surface area (Å²) in [6, 6.07) is 0. The van der Waals surface area contributed by atoms with E-state index in [1.165, 1.54) is 17.7 Å². The van der Waals surface area contributed by atoms with Crippen molar-refractivity contribution in [1.29, 1.82) is 0 Å². The molecule has 1 aliphatic heterocycles. The van der Waals surface area contributed by atoms with Crippen molar-refractivity contribution >= 4 is 39.9 Å². The monoisotopic (exact) mass is 407 g/mol. The Kier molecular flexibility index (Phi) is 5.87. The summed E-state index contributed by atoms with van der Waals surface area (Å²) < 4.78 is 5.00. The molecule has 11 nitrogen and oxygen atoms in total. The standard InChI is InChI=1S/C16H21N7O4S/c1-4-27-16(24)22-7-5-21(6-8-22)14-12(23(25)26)13(17-9-18-14)20-15-19-10(2)11(3)28-15/h9H,4-8H2,1-3H3,(H,17,18,19,20). The first-order valence-corrected chi connectivity index (χ1v) is 9.59. The van der Waals surface area contributed by atoms with Gasteiger partial charge >= 0.3 is 11.8 Å². The van der Waals surface area contributed by atoms with Gasteiger partial charge in [0.25, 0.3) is 0 Å².